The van der Waals surface area contributed by atoms with Crippen molar-refractivity contribution in [2.45, 2.75) is 38.0 Å². The van der Waals surface area contributed by atoms with Crippen molar-refractivity contribution in [3.8, 4) is 0 Å². The van der Waals surface area contributed by atoms with Crippen molar-refractivity contribution in [1.29, 1.82) is 0 Å². The number of esters is 1. The van der Waals surface area contributed by atoms with Crippen molar-refractivity contribution in [2.24, 2.45) is 5.73 Å². The average Bonchev–Trinajstić information content (AvgIpc) is 2.76. The van der Waals surface area contributed by atoms with E-state index in [1.54, 1.807) is 0 Å². The fourth-order valence-corrected chi connectivity index (χ4v) is 1.92. The normalized spacial score (nSPS) is 13.4. The highest BCUT2D eigenvalue weighted by Gasteiger charge is 2.22. The van der Waals surface area contributed by atoms with Crippen LogP contribution in [0.15, 0.2) is 4.52 Å². The van der Waals surface area contributed by atoms with Crippen LogP contribution >= 0.6 is 11.8 Å². The van der Waals surface area contributed by atoms with Crippen molar-refractivity contribution >= 4 is 17.7 Å². The van der Waals surface area contributed by atoms with E-state index in [0.29, 0.717) is 23.2 Å². The Hall–Kier alpha value is -1.08. The van der Waals surface area contributed by atoms with Gasteiger partial charge in [0.15, 0.2) is 5.82 Å². The van der Waals surface area contributed by atoms with Crippen molar-refractivity contribution in [3.63, 3.8) is 0 Å². The van der Waals surface area contributed by atoms with Crippen LogP contribution in [0.5, 0.6) is 0 Å². The Balaban J connectivity index is 2.41. The minimum absolute atomic E-state index is 0.154. The molecule has 0 aliphatic rings. The number of carbonyl (C=O) groups is 1. The van der Waals surface area contributed by atoms with E-state index < -0.39 is 12.0 Å². The van der Waals surface area contributed by atoms with Crippen LogP contribution in [0.2, 0.25) is 0 Å². The van der Waals surface area contributed by atoms with Gasteiger partial charge in [0.25, 0.3) is 0 Å². The monoisotopic (exact) mass is 273 g/mol. The summed E-state index contributed by atoms with van der Waals surface area (Å²) in [6.45, 7) is 6.01. The fraction of sp³-hybridized carbons (Fsp3) is 0.727. The molecule has 7 heteroatoms. The van der Waals surface area contributed by atoms with Gasteiger partial charge in [-0.3, -0.25) is 4.79 Å². The van der Waals surface area contributed by atoms with Crippen LogP contribution in [0.4, 0.5) is 0 Å². The van der Waals surface area contributed by atoms with E-state index in [-0.39, 0.29) is 5.41 Å². The third-order valence-corrected chi connectivity index (χ3v) is 3.20. The van der Waals surface area contributed by atoms with E-state index in [9.17, 15) is 4.79 Å². The molecular formula is C11H19N3O3S. The third kappa shape index (κ3) is 4.30. The second-order valence-electron chi connectivity index (χ2n) is 4.91. The Morgan fingerprint density at radius 1 is 1.56 bits per heavy atom. The zero-order chi connectivity index (χ0) is 13.8. The van der Waals surface area contributed by atoms with Crippen molar-refractivity contribution in [2.75, 3.05) is 12.9 Å². The molecule has 6 nitrogen and oxygen atoms in total. The Morgan fingerprint density at radius 3 is 2.72 bits per heavy atom. The minimum Gasteiger partial charge on any atom is -0.468 e. The summed E-state index contributed by atoms with van der Waals surface area (Å²) in [7, 11) is 1.32. The highest BCUT2D eigenvalue weighted by molar-refractivity contribution is 7.98. The number of thioether (sulfide) groups is 1. The fourth-order valence-electron chi connectivity index (χ4n) is 1.11. The maximum Gasteiger partial charge on any atom is 0.323 e. The summed E-state index contributed by atoms with van der Waals surface area (Å²) in [6, 6.07) is -0.617. The maximum atomic E-state index is 11.1. The van der Waals surface area contributed by atoms with Gasteiger partial charge in [0, 0.05) is 11.2 Å². The lowest BCUT2D eigenvalue weighted by atomic mass is 9.97. The number of rotatable bonds is 5. The van der Waals surface area contributed by atoms with Gasteiger partial charge in [-0.15, -0.1) is 0 Å². The zero-order valence-electron chi connectivity index (χ0n) is 11.1. The van der Waals surface area contributed by atoms with Gasteiger partial charge in [-0.1, -0.05) is 25.9 Å². The highest BCUT2D eigenvalue weighted by Crippen LogP contribution is 2.21. The molecule has 0 saturated heterocycles. The molecule has 1 aromatic rings. The number of nitrogens with zero attached hydrogens (tertiary/aromatic N) is 2. The lowest BCUT2D eigenvalue weighted by Crippen LogP contribution is -2.33. The summed E-state index contributed by atoms with van der Waals surface area (Å²) in [5.41, 5.74) is 5.45. The number of hydrogen-bond acceptors (Lipinski definition) is 7. The van der Waals surface area contributed by atoms with Gasteiger partial charge in [-0.25, -0.2) is 0 Å². The number of aromatic nitrogens is 2. The molecule has 102 valence electrons. The molecule has 0 aromatic carbocycles. The van der Waals surface area contributed by atoms with Gasteiger partial charge < -0.3 is 15.0 Å². The van der Waals surface area contributed by atoms with Crippen LogP contribution in [0.1, 0.15) is 32.5 Å². The van der Waals surface area contributed by atoms with Crippen LogP contribution in [-0.4, -0.2) is 35.0 Å². The van der Waals surface area contributed by atoms with Gasteiger partial charge in [0.05, 0.1) is 12.9 Å². The summed E-state index contributed by atoms with van der Waals surface area (Å²) < 4.78 is 9.69. The molecule has 0 aliphatic heterocycles. The molecular weight excluding hydrogens is 254 g/mol. The minimum atomic E-state index is -0.617. The summed E-state index contributed by atoms with van der Waals surface area (Å²) in [5, 5.41) is 3.88. The lowest BCUT2D eigenvalue weighted by Gasteiger charge is -2.10. The van der Waals surface area contributed by atoms with Gasteiger partial charge >= 0.3 is 5.97 Å². The average molecular weight is 273 g/mol. The predicted molar refractivity (Wildman–Crippen MR) is 69.2 cm³/mol. The van der Waals surface area contributed by atoms with E-state index in [1.165, 1.54) is 18.9 Å². The standard InChI is InChI=1S/C11H19N3O3S/c1-11(2,3)10-13-8(14-17-10)6-18-5-7(12)9(15)16-4/h7H,5-6,12H2,1-4H3. The van der Waals surface area contributed by atoms with E-state index >= 15 is 0 Å². The lowest BCUT2D eigenvalue weighted by molar-refractivity contribution is -0.141. The van der Waals surface area contributed by atoms with E-state index in [0.717, 1.165) is 0 Å². The Bertz CT molecular complexity index is 400. The van der Waals surface area contributed by atoms with Crippen molar-refractivity contribution < 1.29 is 14.1 Å². The van der Waals surface area contributed by atoms with E-state index in [1.807, 2.05) is 20.8 Å². The molecule has 0 saturated carbocycles. The number of nitrogens with two attached hydrogens (primary N) is 1. The first-order valence-corrected chi connectivity index (χ1v) is 6.74. The summed E-state index contributed by atoms with van der Waals surface area (Å²) in [6.07, 6.45) is 0. The predicted octanol–water partition coefficient (Wildman–Crippen LogP) is 1.10. The quantitative estimate of drug-likeness (QED) is 0.803. The Labute approximate surface area is 111 Å². The molecule has 1 atom stereocenters. The number of carbonyl (C=O) groups excluding carboxylic acids is 1. The van der Waals surface area contributed by atoms with Crippen LogP contribution in [0, 0.1) is 0 Å². The topological polar surface area (TPSA) is 91.2 Å². The Kier molecular flexibility index (Phi) is 5.15. The van der Waals surface area contributed by atoms with Gasteiger partial charge in [-0.05, 0) is 0 Å². The number of hydrogen-bond donors (Lipinski definition) is 1. The Morgan fingerprint density at radius 2 is 2.22 bits per heavy atom. The molecule has 0 bridgehead atoms. The zero-order valence-corrected chi connectivity index (χ0v) is 11.9. The first kappa shape index (κ1) is 15.0. The molecule has 1 rings (SSSR count). The summed E-state index contributed by atoms with van der Waals surface area (Å²) >= 11 is 1.47. The van der Waals surface area contributed by atoms with Crippen molar-refractivity contribution in [3.05, 3.63) is 11.7 Å². The molecule has 0 radical (unpaired) electrons. The van der Waals surface area contributed by atoms with Crippen LogP contribution in [0.25, 0.3) is 0 Å². The van der Waals surface area contributed by atoms with Gasteiger partial charge in [0.1, 0.15) is 6.04 Å². The first-order valence-electron chi connectivity index (χ1n) is 5.59. The molecule has 18 heavy (non-hydrogen) atoms. The molecule has 1 heterocycles. The van der Waals surface area contributed by atoms with Crippen LogP contribution in [-0.2, 0) is 20.7 Å². The molecule has 0 aliphatic carbocycles. The third-order valence-electron chi connectivity index (χ3n) is 2.14. The second kappa shape index (κ2) is 6.19. The van der Waals surface area contributed by atoms with E-state index in [2.05, 4.69) is 14.9 Å². The van der Waals surface area contributed by atoms with E-state index in [4.69, 9.17) is 10.3 Å². The highest BCUT2D eigenvalue weighted by atomic mass is 32.2. The number of ether oxygens (including phenoxy) is 1. The largest absolute Gasteiger partial charge is 0.468 e. The van der Waals surface area contributed by atoms with Crippen molar-refractivity contribution in [1.82, 2.24) is 10.1 Å². The molecule has 2 N–H and O–H groups in total. The summed E-state index contributed by atoms with van der Waals surface area (Å²) in [5.74, 6) is 1.83. The molecule has 1 unspecified atom stereocenters. The number of methoxy groups -OCH3 is 1. The van der Waals surface area contributed by atoms with Gasteiger partial charge in [0.2, 0.25) is 5.89 Å². The maximum absolute atomic E-state index is 11.1. The molecule has 0 spiro atoms. The molecule has 0 amide bonds. The first-order chi connectivity index (χ1) is 8.34. The summed E-state index contributed by atoms with van der Waals surface area (Å²) in [4.78, 5) is 15.4. The molecule has 1 aromatic heterocycles. The smallest absolute Gasteiger partial charge is 0.323 e. The second-order valence-corrected chi connectivity index (χ2v) is 5.94. The van der Waals surface area contributed by atoms with Gasteiger partial charge in [-0.2, -0.15) is 16.7 Å². The van der Waals surface area contributed by atoms with Crippen LogP contribution in [0.3, 0.4) is 0 Å². The molecule has 0 fully saturated rings. The SMILES string of the molecule is COC(=O)C(N)CSCc1noc(C(C)(C)C)n1. The van der Waals surface area contributed by atoms with Crippen LogP contribution < -0.4 is 5.73 Å².